The number of nitrogens with zero attached hydrogens (tertiary/aromatic N) is 5. The summed E-state index contributed by atoms with van der Waals surface area (Å²) in [6.45, 7) is 10.2. The molecule has 30 heavy (non-hydrogen) atoms. The number of hydrogen-bond donors (Lipinski definition) is 0. The molecule has 0 saturated carbocycles. The zero-order valence-corrected chi connectivity index (χ0v) is 17.8. The highest BCUT2D eigenvalue weighted by atomic mass is 16.5. The molecule has 0 aromatic carbocycles. The van der Waals surface area contributed by atoms with Crippen molar-refractivity contribution < 1.29 is 14.3 Å². The Hall–Kier alpha value is -2.48. The Morgan fingerprint density at radius 3 is 2.57 bits per heavy atom. The molecule has 1 aromatic rings. The van der Waals surface area contributed by atoms with Gasteiger partial charge in [0.15, 0.2) is 0 Å². The molecule has 4 aliphatic heterocycles. The molecule has 0 aliphatic carbocycles. The van der Waals surface area contributed by atoms with E-state index in [4.69, 9.17) is 4.74 Å². The van der Waals surface area contributed by atoms with Gasteiger partial charge < -0.3 is 19.4 Å². The fourth-order valence-electron chi connectivity index (χ4n) is 5.36. The zero-order chi connectivity index (χ0) is 21.1. The summed E-state index contributed by atoms with van der Waals surface area (Å²) < 4.78 is 6.26. The van der Waals surface area contributed by atoms with Crippen LogP contribution in [0.3, 0.4) is 0 Å². The summed E-state index contributed by atoms with van der Waals surface area (Å²) in [6, 6.07) is 1.79. The zero-order valence-electron chi connectivity index (χ0n) is 17.8. The van der Waals surface area contributed by atoms with E-state index in [-0.39, 0.29) is 23.3 Å². The lowest BCUT2D eigenvalue weighted by atomic mass is 9.76. The first-order valence-electron chi connectivity index (χ1n) is 10.7. The molecule has 3 fully saturated rings. The molecular formula is C22H29N5O3. The maximum atomic E-state index is 13.5. The van der Waals surface area contributed by atoms with E-state index in [1.54, 1.807) is 18.5 Å². The molecule has 4 aliphatic rings. The van der Waals surface area contributed by atoms with Gasteiger partial charge in [-0.1, -0.05) is 32.9 Å². The Morgan fingerprint density at radius 2 is 1.90 bits per heavy atom. The van der Waals surface area contributed by atoms with Crippen molar-refractivity contribution in [2.24, 2.45) is 17.3 Å². The number of amides is 2. The summed E-state index contributed by atoms with van der Waals surface area (Å²) in [5.41, 5.74) is -0.630. The first-order valence-corrected chi connectivity index (χ1v) is 10.7. The first kappa shape index (κ1) is 19.5. The number of carbonyl (C=O) groups excluding carboxylic acids is 2. The molecule has 4 atom stereocenters. The third-order valence-corrected chi connectivity index (χ3v) is 6.56. The number of hydrogen-bond acceptors (Lipinski definition) is 6. The monoisotopic (exact) mass is 411 g/mol. The van der Waals surface area contributed by atoms with Crippen LogP contribution in [0.4, 0.5) is 5.95 Å². The fourth-order valence-corrected chi connectivity index (χ4v) is 5.36. The molecule has 3 saturated heterocycles. The van der Waals surface area contributed by atoms with Crippen LogP contribution in [0.5, 0.6) is 0 Å². The van der Waals surface area contributed by atoms with Crippen molar-refractivity contribution in [3.05, 3.63) is 30.6 Å². The van der Waals surface area contributed by atoms with E-state index in [0.717, 1.165) is 0 Å². The number of anilines is 1. The van der Waals surface area contributed by atoms with Gasteiger partial charge in [0.1, 0.15) is 5.60 Å². The molecule has 160 valence electrons. The molecule has 8 heteroatoms. The van der Waals surface area contributed by atoms with E-state index >= 15 is 0 Å². The summed E-state index contributed by atoms with van der Waals surface area (Å²) >= 11 is 0. The number of rotatable bonds is 3. The van der Waals surface area contributed by atoms with Gasteiger partial charge in [-0.3, -0.25) is 9.59 Å². The van der Waals surface area contributed by atoms with E-state index in [1.165, 1.54) is 0 Å². The number of piperazine rings is 1. The Bertz CT molecular complexity index is 875. The normalized spacial score (nSPS) is 32.8. The SMILES string of the molecule is CC(C)(C)CN1C[C@]23C=C[C@H](O2)[C@H](C(=O)N2CCN(c4ncccn4)CC2)[C@H]3C1=O. The summed E-state index contributed by atoms with van der Waals surface area (Å²) in [6.07, 6.45) is 7.18. The molecule has 0 unspecified atom stereocenters. The molecule has 2 bridgehead atoms. The largest absolute Gasteiger partial charge is 0.360 e. The minimum Gasteiger partial charge on any atom is -0.360 e. The Kier molecular flexibility index (Phi) is 4.39. The maximum Gasteiger partial charge on any atom is 0.230 e. The highest BCUT2D eigenvalue weighted by molar-refractivity contribution is 5.93. The third kappa shape index (κ3) is 3.09. The van der Waals surface area contributed by atoms with Gasteiger partial charge in [-0.15, -0.1) is 0 Å². The van der Waals surface area contributed by atoms with Crippen molar-refractivity contribution in [1.29, 1.82) is 0 Å². The van der Waals surface area contributed by atoms with Crippen LogP contribution in [-0.4, -0.2) is 82.6 Å². The minimum atomic E-state index is -0.632. The van der Waals surface area contributed by atoms with Crippen LogP contribution in [-0.2, 0) is 14.3 Å². The molecule has 5 heterocycles. The minimum absolute atomic E-state index is 0.00198. The van der Waals surface area contributed by atoms with E-state index in [9.17, 15) is 9.59 Å². The van der Waals surface area contributed by atoms with Gasteiger partial charge in [0.25, 0.3) is 0 Å². The molecule has 8 nitrogen and oxygen atoms in total. The molecule has 5 rings (SSSR count). The first-order chi connectivity index (χ1) is 14.3. The van der Waals surface area contributed by atoms with Gasteiger partial charge in [-0.2, -0.15) is 0 Å². The summed E-state index contributed by atoms with van der Waals surface area (Å²) in [7, 11) is 0. The van der Waals surface area contributed by atoms with Crippen LogP contribution >= 0.6 is 0 Å². The van der Waals surface area contributed by atoms with E-state index in [1.807, 2.05) is 22.0 Å². The third-order valence-electron chi connectivity index (χ3n) is 6.56. The highest BCUT2D eigenvalue weighted by Gasteiger charge is 2.67. The Balaban J connectivity index is 1.30. The fraction of sp³-hybridized carbons (Fsp3) is 0.636. The van der Waals surface area contributed by atoms with Crippen molar-refractivity contribution >= 4 is 17.8 Å². The number of ether oxygens (including phenoxy) is 1. The van der Waals surface area contributed by atoms with Crippen LogP contribution in [0.25, 0.3) is 0 Å². The maximum absolute atomic E-state index is 13.5. The van der Waals surface area contributed by atoms with Gasteiger partial charge in [0.05, 0.1) is 24.5 Å². The van der Waals surface area contributed by atoms with E-state index < -0.39 is 17.4 Å². The Morgan fingerprint density at radius 1 is 1.20 bits per heavy atom. The lowest BCUT2D eigenvalue weighted by Crippen LogP contribution is -2.53. The number of aromatic nitrogens is 2. The Labute approximate surface area is 176 Å². The lowest BCUT2D eigenvalue weighted by molar-refractivity contribution is -0.143. The molecule has 0 radical (unpaired) electrons. The van der Waals surface area contributed by atoms with Gasteiger partial charge in [0.2, 0.25) is 17.8 Å². The highest BCUT2D eigenvalue weighted by Crippen LogP contribution is 2.52. The second kappa shape index (κ2) is 6.77. The standard InChI is InChI=1S/C22H29N5O3/c1-21(2,3)13-27-14-22-6-5-15(30-22)16(17(22)19(27)29)18(28)25-9-11-26(12-10-25)20-23-7-4-8-24-20/h4-8,15-17H,9-14H2,1-3H3/t15-,16-,17-,22-/m0/s1. The van der Waals surface area contributed by atoms with Crippen molar-refractivity contribution in [2.45, 2.75) is 32.5 Å². The molecule has 1 aromatic heterocycles. The van der Waals surface area contributed by atoms with E-state index in [2.05, 4.69) is 35.6 Å². The van der Waals surface area contributed by atoms with Gasteiger partial charge in [0, 0.05) is 45.1 Å². The van der Waals surface area contributed by atoms with E-state index in [0.29, 0.717) is 45.2 Å². The van der Waals surface area contributed by atoms with Crippen LogP contribution in [0.1, 0.15) is 20.8 Å². The van der Waals surface area contributed by atoms with Gasteiger partial charge in [-0.05, 0) is 11.5 Å². The predicted molar refractivity (Wildman–Crippen MR) is 111 cm³/mol. The molecule has 1 spiro atoms. The molecule has 2 amide bonds. The average molecular weight is 412 g/mol. The quantitative estimate of drug-likeness (QED) is 0.690. The lowest BCUT2D eigenvalue weighted by Gasteiger charge is -2.37. The van der Waals surface area contributed by atoms with Crippen LogP contribution in [0.15, 0.2) is 30.6 Å². The molecule has 0 N–H and O–H groups in total. The second-order valence-electron chi connectivity index (χ2n) is 10.0. The number of carbonyl (C=O) groups is 2. The van der Waals surface area contributed by atoms with Crippen LogP contribution < -0.4 is 4.90 Å². The van der Waals surface area contributed by atoms with Crippen molar-refractivity contribution in [2.75, 3.05) is 44.2 Å². The van der Waals surface area contributed by atoms with Crippen molar-refractivity contribution in [3.8, 4) is 0 Å². The topological polar surface area (TPSA) is 78.9 Å². The predicted octanol–water partition coefficient (Wildman–Crippen LogP) is 0.953. The molecular weight excluding hydrogens is 382 g/mol. The average Bonchev–Trinajstić information content (AvgIpc) is 3.35. The van der Waals surface area contributed by atoms with Crippen LogP contribution in [0, 0.1) is 17.3 Å². The van der Waals surface area contributed by atoms with Crippen molar-refractivity contribution in [3.63, 3.8) is 0 Å². The summed E-state index contributed by atoms with van der Waals surface area (Å²) in [5.74, 6) is -0.0365. The number of likely N-dealkylation sites (tertiary alicyclic amines) is 1. The number of fused-ring (bicyclic) bond motifs is 1. The van der Waals surface area contributed by atoms with Crippen LogP contribution in [0.2, 0.25) is 0 Å². The smallest absolute Gasteiger partial charge is 0.230 e. The summed E-state index contributed by atoms with van der Waals surface area (Å²) in [5, 5.41) is 0. The van der Waals surface area contributed by atoms with Crippen molar-refractivity contribution in [1.82, 2.24) is 19.8 Å². The van der Waals surface area contributed by atoms with Gasteiger partial charge in [-0.25, -0.2) is 9.97 Å². The summed E-state index contributed by atoms with van der Waals surface area (Å²) in [4.78, 5) is 41.3. The second-order valence-corrected chi connectivity index (χ2v) is 10.0. The van der Waals surface area contributed by atoms with Gasteiger partial charge >= 0.3 is 0 Å².